The van der Waals surface area contributed by atoms with Gasteiger partial charge >= 0.3 is 0 Å². The van der Waals surface area contributed by atoms with Gasteiger partial charge in [0.2, 0.25) is 15.9 Å². The zero-order chi connectivity index (χ0) is 12.5. The average molecular weight is 262 g/mol. The highest BCUT2D eigenvalue weighted by Gasteiger charge is 2.32. The van der Waals surface area contributed by atoms with Crippen molar-refractivity contribution in [2.75, 3.05) is 32.5 Å². The van der Waals surface area contributed by atoms with Crippen LogP contribution in [0.1, 0.15) is 19.3 Å². The van der Waals surface area contributed by atoms with Crippen molar-refractivity contribution < 1.29 is 18.0 Å². The van der Waals surface area contributed by atoms with E-state index in [4.69, 9.17) is 4.84 Å². The van der Waals surface area contributed by atoms with Crippen molar-refractivity contribution in [3.63, 3.8) is 0 Å². The van der Waals surface area contributed by atoms with E-state index in [1.54, 1.807) is 0 Å². The minimum absolute atomic E-state index is 0.00986. The van der Waals surface area contributed by atoms with Crippen LogP contribution in [0, 0.1) is 5.92 Å². The first-order valence-corrected chi connectivity index (χ1v) is 7.73. The number of hydrogen-bond donors (Lipinski definition) is 0. The molecular formula is C10H18N2O4S. The number of hydroxylamine groups is 2. The molecule has 0 unspecified atom stereocenters. The molecule has 17 heavy (non-hydrogen) atoms. The highest BCUT2D eigenvalue weighted by Crippen LogP contribution is 2.22. The molecule has 2 saturated heterocycles. The second kappa shape index (κ2) is 4.91. The Morgan fingerprint density at radius 1 is 1.24 bits per heavy atom. The van der Waals surface area contributed by atoms with Gasteiger partial charge in [-0.25, -0.2) is 17.8 Å². The van der Waals surface area contributed by atoms with E-state index in [1.807, 2.05) is 0 Å². The van der Waals surface area contributed by atoms with Crippen LogP contribution in [0.2, 0.25) is 0 Å². The maximum atomic E-state index is 12.0. The first kappa shape index (κ1) is 12.8. The second-order valence-electron chi connectivity index (χ2n) is 4.56. The summed E-state index contributed by atoms with van der Waals surface area (Å²) in [5.41, 5.74) is 0. The van der Waals surface area contributed by atoms with Gasteiger partial charge in [0.05, 0.1) is 19.4 Å². The highest BCUT2D eigenvalue weighted by atomic mass is 32.2. The minimum atomic E-state index is -3.12. The van der Waals surface area contributed by atoms with Gasteiger partial charge < -0.3 is 0 Å². The summed E-state index contributed by atoms with van der Waals surface area (Å²) in [5.74, 6) is -0.0817. The van der Waals surface area contributed by atoms with E-state index in [0.29, 0.717) is 39.1 Å². The van der Waals surface area contributed by atoms with Crippen molar-refractivity contribution in [1.82, 2.24) is 9.37 Å². The number of carbonyl (C=O) groups excluding carboxylic acids is 1. The van der Waals surface area contributed by atoms with E-state index in [1.165, 1.54) is 15.6 Å². The standard InChI is InChI=1S/C10H18N2O4S/c1-17(14,15)11-6-3-9(4-7-11)10(13)12-5-2-8-16-12/h9H,2-8H2,1H3. The SMILES string of the molecule is CS(=O)(=O)N1CCC(C(=O)N2CCCO2)CC1. The third-order valence-electron chi connectivity index (χ3n) is 3.27. The van der Waals surface area contributed by atoms with Crippen LogP contribution in [0.5, 0.6) is 0 Å². The molecule has 0 N–H and O–H groups in total. The molecule has 0 aromatic rings. The molecule has 0 radical (unpaired) electrons. The van der Waals surface area contributed by atoms with Crippen LogP contribution in [0.3, 0.4) is 0 Å². The molecule has 2 heterocycles. The van der Waals surface area contributed by atoms with Crippen LogP contribution >= 0.6 is 0 Å². The summed E-state index contributed by atoms with van der Waals surface area (Å²) < 4.78 is 24.1. The molecule has 2 aliphatic rings. The van der Waals surface area contributed by atoms with Gasteiger partial charge in [0, 0.05) is 19.0 Å². The molecular weight excluding hydrogens is 244 g/mol. The fourth-order valence-corrected chi connectivity index (χ4v) is 3.13. The molecule has 2 aliphatic heterocycles. The molecule has 98 valence electrons. The van der Waals surface area contributed by atoms with E-state index >= 15 is 0 Å². The summed E-state index contributed by atoms with van der Waals surface area (Å²) in [4.78, 5) is 17.2. The smallest absolute Gasteiger partial charge is 0.249 e. The quantitative estimate of drug-likeness (QED) is 0.692. The Hall–Kier alpha value is -0.660. The molecule has 1 amide bonds. The molecule has 0 aromatic carbocycles. The number of hydrogen-bond acceptors (Lipinski definition) is 4. The summed E-state index contributed by atoms with van der Waals surface area (Å²) in [6, 6.07) is 0. The average Bonchev–Trinajstić information content (AvgIpc) is 2.80. The first-order valence-electron chi connectivity index (χ1n) is 5.88. The van der Waals surface area contributed by atoms with Gasteiger partial charge in [0.25, 0.3) is 0 Å². The van der Waals surface area contributed by atoms with Gasteiger partial charge in [-0.1, -0.05) is 0 Å². The van der Waals surface area contributed by atoms with Gasteiger partial charge in [-0.2, -0.15) is 0 Å². The maximum absolute atomic E-state index is 12.0. The monoisotopic (exact) mass is 262 g/mol. The number of sulfonamides is 1. The molecule has 0 bridgehead atoms. The van der Waals surface area contributed by atoms with Crippen molar-refractivity contribution in [2.24, 2.45) is 5.92 Å². The predicted octanol–water partition coefficient (Wildman–Crippen LogP) is -0.178. The fourth-order valence-electron chi connectivity index (χ4n) is 2.26. The molecule has 7 heteroatoms. The Kier molecular flexibility index (Phi) is 3.70. The van der Waals surface area contributed by atoms with Crippen molar-refractivity contribution >= 4 is 15.9 Å². The highest BCUT2D eigenvalue weighted by molar-refractivity contribution is 7.88. The van der Waals surface area contributed by atoms with E-state index in [9.17, 15) is 13.2 Å². The number of piperidine rings is 1. The van der Waals surface area contributed by atoms with Crippen LogP contribution in [-0.4, -0.2) is 56.2 Å². The molecule has 6 nitrogen and oxygen atoms in total. The van der Waals surface area contributed by atoms with E-state index in [-0.39, 0.29) is 11.8 Å². The van der Waals surface area contributed by atoms with Gasteiger partial charge in [-0.15, -0.1) is 0 Å². The molecule has 0 aromatic heterocycles. The number of amides is 1. The van der Waals surface area contributed by atoms with Crippen molar-refractivity contribution in [3.05, 3.63) is 0 Å². The van der Waals surface area contributed by atoms with E-state index in [0.717, 1.165) is 6.42 Å². The lowest BCUT2D eigenvalue weighted by atomic mass is 9.97. The largest absolute Gasteiger partial charge is 0.272 e. The van der Waals surface area contributed by atoms with Crippen LogP contribution in [0.15, 0.2) is 0 Å². The summed E-state index contributed by atoms with van der Waals surface area (Å²) in [5, 5.41) is 1.43. The van der Waals surface area contributed by atoms with Crippen LogP contribution in [0.4, 0.5) is 0 Å². The molecule has 2 rings (SSSR count). The summed E-state index contributed by atoms with van der Waals surface area (Å²) >= 11 is 0. The third kappa shape index (κ3) is 2.97. The molecule has 0 atom stereocenters. The minimum Gasteiger partial charge on any atom is -0.272 e. The van der Waals surface area contributed by atoms with Crippen molar-refractivity contribution in [3.8, 4) is 0 Å². The Bertz CT molecular complexity index is 381. The predicted molar refractivity (Wildman–Crippen MR) is 61.4 cm³/mol. The Balaban J connectivity index is 1.88. The first-order chi connectivity index (χ1) is 7.98. The number of nitrogens with zero attached hydrogens (tertiary/aromatic N) is 2. The fraction of sp³-hybridized carbons (Fsp3) is 0.900. The second-order valence-corrected chi connectivity index (χ2v) is 6.55. The topological polar surface area (TPSA) is 66.9 Å². The molecule has 0 saturated carbocycles. The summed E-state index contributed by atoms with van der Waals surface area (Å²) in [6.45, 7) is 2.13. The van der Waals surface area contributed by atoms with Crippen LogP contribution in [0.25, 0.3) is 0 Å². The Morgan fingerprint density at radius 2 is 1.88 bits per heavy atom. The maximum Gasteiger partial charge on any atom is 0.249 e. The Labute approximate surface area is 102 Å². The number of carbonyl (C=O) groups is 1. The zero-order valence-corrected chi connectivity index (χ0v) is 10.8. The lowest BCUT2D eigenvalue weighted by Crippen LogP contribution is -2.43. The lowest BCUT2D eigenvalue weighted by molar-refractivity contribution is -0.174. The lowest BCUT2D eigenvalue weighted by Gasteiger charge is -2.30. The van der Waals surface area contributed by atoms with Crippen LogP contribution < -0.4 is 0 Å². The zero-order valence-electron chi connectivity index (χ0n) is 9.96. The molecule has 0 aliphatic carbocycles. The summed E-state index contributed by atoms with van der Waals surface area (Å²) in [6.07, 6.45) is 3.27. The van der Waals surface area contributed by atoms with Crippen molar-refractivity contribution in [1.29, 1.82) is 0 Å². The third-order valence-corrected chi connectivity index (χ3v) is 4.57. The van der Waals surface area contributed by atoms with Gasteiger partial charge in [0.1, 0.15) is 0 Å². The molecule has 2 fully saturated rings. The normalized spacial score (nSPS) is 24.2. The van der Waals surface area contributed by atoms with E-state index < -0.39 is 10.0 Å². The van der Waals surface area contributed by atoms with Crippen molar-refractivity contribution in [2.45, 2.75) is 19.3 Å². The van der Waals surface area contributed by atoms with Gasteiger partial charge in [0.15, 0.2) is 0 Å². The van der Waals surface area contributed by atoms with Crippen LogP contribution in [-0.2, 0) is 19.7 Å². The Morgan fingerprint density at radius 3 is 2.35 bits per heavy atom. The number of rotatable bonds is 2. The van der Waals surface area contributed by atoms with Gasteiger partial charge in [-0.05, 0) is 19.3 Å². The van der Waals surface area contributed by atoms with E-state index in [2.05, 4.69) is 0 Å². The van der Waals surface area contributed by atoms with Gasteiger partial charge in [-0.3, -0.25) is 9.63 Å². The summed E-state index contributed by atoms with van der Waals surface area (Å²) in [7, 11) is -3.12. The molecule has 0 spiro atoms.